The minimum Gasteiger partial charge on any atom is -0.376 e. The zero-order valence-electron chi connectivity index (χ0n) is 15.5. The van der Waals surface area contributed by atoms with Crippen molar-refractivity contribution in [2.75, 3.05) is 35.8 Å². The van der Waals surface area contributed by atoms with E-state index in [1.54, 1.807) is 31.1 Å². The third-order valence-electron chi connectivity index (χ3n) is 4.33. The van der Waals surface area contributed by atoms with Crippen molar-refractivity contribution in [3.63, 3.8) is 0 Å². The first-order valence-electron chi connectivity index (χ1n) is 8.79. The summed E-state index contributed by atoms with van der Waals surface area (Å²) in [7, 11) is 3.43. The van der Waals surface area contributed by atoms with E-state index < -0.39 is 17.6 Å². The number of thioether (sulfide) groups is 2. The summed E-state index contributed by atoms with van der Waals surface area (Å²) < 4.78 is 39.5. The molecule has 0 saturated carbocycles. The van der Waals surface area contributed by atoms with Crippen molar-refractivity contribution in [1.82, 2.24) is 0 Å². The number of nitrogens with zero attached hydrogens (tertiary/aromatic N) is 1. The second kappa shape index (κ2) is 8.69. The molecule has 8 heteroatoms. The summed E-state index contributed by atoms with van der Waals surface area (Å²) in [6.45, 7) is 0. The van der Waals surface area contributed by atoms with E-state index in [0.29, 0.717) is 15.8 Å². The summed E-state index contributed by atoms with van der Waals surface area (Å²) >= 11 is 3.79. The van der Waals surface area contributed by atoms with Gasteiger partial charge in [0, 0.05) is 19.7 Å². The number of carbonyl (C=O) groups is 1. The predicted octanol–water partition coefficient (Wildman–Crippen LogP) is 5.89. The molecule has 1 amide bonds. The van der Waals surface area contributed by atoms with Gasteiger partial charge in [-0.2, -0.15) is 13.2 Å². The first-order chi connectivity index (χ1) is 13.3. The van der Waals surface area contributed by atoms with Crippen LogP contribution in [-0.4, -0.2) is 31.5 Å². The van der Waals surface area contributed by atoms with Gasteiger partial charge in [0.15, 0.2) is 0 Å². The van der Waals surface area contributed by atoms with Gasteiger partial charge in [-0.15, -0.1) is 23.5 Å². The summed E-state index contributed by atoms with van der Waals surface area (Å²) in [6.07, 6.45) is -3.27. The van der Waals surface area contributed by atoms with Gasteiger partial charge in [-0.25, -0.2) is 0 Å². The number of hydrogen-bond acceptors (Lipinski definition) is 4. The summed E-state index contributed by atoms with van der Waals surface area (Å²) in [6, 6.07) is 10.6. The molecule has 1 fully saturated rings. The third kappa shape index (κ3) is 4.97. The Morgan fingerprint density at radius 2 is 1.71 bits per heavy atom. The molecule has 0 unspecified atom stereocenters. The number of alkyl halides is 3. The Labute approximate surface area is 171 Å². The smallest absolute Gasteiger partial charge is 0.376 e. The number of anilines is 2. The van der Waals surface area contributed by atoms with E-state index in [1.807, 2.05) is 35.7 Å². The largest absolute Gasteiger partial charge is 0.416 e. The molecule has 0 atom stereocenters. The van der Waals surface area contributed by atoms with Crippen LogP contribution >= 0.6 is 23.5 Å². The van der Waals surface area contributed by atoms with Gasteiger partial charge in [0.05, 0.1) is 21.5 Å². The van der Waals surface area contributed by atoms with Gasteiger partial charge in [-0.1, -0.05) is 12.1 Å². The maximum Gasteiger partial charge on any atom is 0.416 e. The highest BCUT2D eigenvalue weighted by molar-refractivity contribution is 8.16. The molecular weight excluding hydrogens is 405 g/mol. The van der Waals surface area contributed by atoms with Crippen molar-refractivity contribution in [3.8, 4) is 0 Å². The highest BCUT2D eigenvalue weighted by Gasteiger charge is 2.31. The Balaban J connectivity index is 1.80. The van der Waals surface area contributed by atoms with Gasteiger partial charge in [0.1, 0.15) is 0 Å². The molecule has 28 heavy (non-hydrogen) atoms. The lowest BCUT2D eigenvalue weighted by molar-refractivity contribution is -0.137. The molecule has 1 N–H and O–H groups in total. The quantitative estimate of drug-likeness (QED) is 0.661. The SMILES string of the molecule is CN(C)c1ccc(C(F)(F)F)cc1NC(=O)c1ccc(C2SCCCS2)cc1. The van der Waals surface area contributed by atoms with Crippen molar-refractivity contribution < 1.29 is 18.0 Å². The molecule has 3 rings (SSSR count). The van der Waals surface area contributed by atoms with Gasteiger partial charge >= 0.3 is 6.18 Å². The molecule has 1 aliphatic rings. The number of amides is 1. The molecule has 2 aromatic carbocycles. The van der Waals surface area contributed by atoms with Crippen LogP contribution in [0.2, 0.25) is 0 Å². The molecular formula is C20H21F3N2OS2. The van der Waals surface area contributed by atoms with Gasteiger partial charge < -0.3 is 10.2 Å². The summed E-state index contributed by atoms with van der Waals surface area (Å²) in [5.41, 5.74) is 1.41. The van der Waals surface area contributed by atoms with Gasteiger partial charge in [-0.3, -0.25) is 4.79 Å². The lowest BCUT2D eigenvalue weighted by atomic mass is 10.1. The van der Waals surface area contributed by atoms with Crippen molar-refractivity contribution in [2.24, 2.45) is 0 Å². The summed E-state index contributed by atoms with van der Waals surface area (Å²) in [4.78, 5) is 14.3. The molecule has 0 aliphatic carbocycles. The first-order valence-corrected chi connectivity index (χ1v) is 10.9. The summed E-state index contributed by atoms with van der Waals surface area (Å²) in [5.74, 6) is 1.82. The standard InChI is InChI=1S/C20H21F3N2OS2/c1-25(2)17-9-8-15(20(21,22)23)12-16(17)24-18(26)13-4-6-14(7-5-13)19-27-10-3-11-28-19/h4-9,12,19H,3,10-11H2,1-2H3,(H,24,26). The van der Waals surface area contributed by atoms with Crippen molar-refractivity contribution >= 4 is 40.8 Å². The van der Waals surface area contributed by atoms with Crippen molar-refractivity contribution in [1.29, 1.82) is 0 Å². The second-order valence-corrected chi connectivity index (χ2v) is 9.35. The van der Waals surface area contributed by atoms with Crippen LogP contribution in [0.25, 0.3) is 0 Å². The normalized spacial score (nSPS) is 15.3. The van der Waals surface area contributed by atoms with Crippen LogP contribution in [0.15, 0.2) is 42.5 Å². The third-order valence-corrected chi connectivity index (χ3v) is 7.34. The zero-order chi connectivity index (χ0) is 20.3. The van der Waals surface area contributed by atoms with Crippen LogP contribution in [-0.2, 0) is 6.18 Å². The van der Waals surface area contributed by atoms with Crippen LogP contribution in [0.4, 0.5) is 24.5 Å². The van der Waals surface area contributed by atoms with Crippen molar-refractivity contribution in [3.05, 3.63) is 59.2 Å². The molecule has 150 valence electrons. The van der Waals surface area contributed by atoms with Crippen molar-refractivity contribution in [2.45, 2.75) is 17.2 Å². The van der Waals surface area contributed by atoms with Gasteiger partial charge in [0.25, 0.3) is 5.91 Å². The molecule has 3 nitrogen and oxygen atoms in total. The number of carbonyl (C=O) groups excluding carboxylic acids is 1. The number of nitrogens with one attached hydrogen (secondary N) is 1. The van der Waals surface area contributed by atoms with Crippen LogP contribution in [0.1, 0.15) is 32.5 Å². The van der Waals surface area contributed by atoms with Gasteiger partial charge in [-0.05, 0) is 53.8 Å². The summed E-state index contributed by atoms with van der Waals surface area (Å²) in [5, 5.41) is 2.63. The Kier molecular flexibility index (Phi) is 6.50. The number of rotatable bonds is 4. The Bertz CT molecular complexity index is 832. The lowest BCUT2D eigenvalue weighted by Gasteiger charge is -2.21. The highest BCUT2D eigenvalue weighted by atomic mass is 32.2. The molecule has 1 aliphatic heterocycles. The fourth-order valence-corrected chi connectivity index (χ4v) is 5.76. The minimum atomic E-state index is -4.47. The number of halogens is 3. The van der Waals surface area contributed by atoms with E-state index in [-0.39, 0.29) is 5.69 Å². The molecule has 0 spiro atoms. The predicted molar refractivity (Wildman–Crippen MR) is 112 cm³/mol. The number of benzene rings is 2. The van der Waals surface area contributed by atoms with Crippen LogP contribution < -0.4 is 10.2 Å². The maximum absolute atomic E-state index is 13.1. The van der Waals surface area contributed by atoms with E-state index >= 15 is 0 Å². The first kappa shape index (κ1) is 20.9. The highest BCUT2D eigenvalue weighted by Crippen LogP contribution is 2.43. The topological polar surface area (TPSA) is 32.3 Å². The maximum atomic E-state index is 13.1. The van der Waals surface area contributed by atoms with Gasteiger partial charge in [0.2, 0.25) is 0 Å². The van der Waals surface area contributed by atoms with E-state index in [0.717, 1.165) is 29.2 Å². The fourth-order valence-electron chi connectivity index (χ4n) is 2.87. The zero-order valence-corrected chi connectivity index (χ0v) is 17.2. The van der Waals surface area contributed by atoms with E-state index in [9.17, 15) is 18.0 Å². The second-order valence-electron chi connectivity index (χ2n) is 6.63. The Morgan fingerprint density at radius 3 is 2.29 bits per heavy atom. The Hall–Kier alpha value is -1.80. The Morgan fingerprint density at radius 1 is 1.07 bits per heavy atom. The lowest BCUT2D eigenvalue weighted by Crippen LogP contribution is -2.18. The molecule has 1 saturated heterocycles. The fraction of sp³-hybridized carbons (Fsp3) is 0.350. The monoisotopic (exact) mass is 426 g/mol. The van der Waals surface area contributed by atoms with Crippen LogP contribution in [0.3, 0.4) is 0 Å². The van der Waals surface area contributed by atoms with E-state index in [2.05, 4.69) is 5.32 Å². The average Bonchev–Trinajstić information content (AvgIpc) is 2.68. The molecule has 2 aromatic rings. The van der Waals surface area contributed by atoms with Crippen LogP contribution in [0, 0.1) is 0 Å². The minimum absolute atomic E-state index is 0.132. The molecule has 0 radical (unpaired) electrons. The molecule has 0 aromatic heterocycles. The van der Waals surface area contributed by atoms with E-state index in [4.69, 9.17) is 0 Å². The van der Waals surface area contributed by atoms with Crippen LogP contribution in [0.5, 0.6) is 0 Å². The van der Waals surface area contributed by atoms with E-state index in [1.165, 1.54) is 12.5 Å². The molecule has 1 heterocycles. The molecule has 0 bridgehead atoms. The average molecular weight is 427 g/mol. The number of hydrogen-bond donors (Lipinski definition) is 1.